The van der Waals surface area contributed by atoms with Crippen LogP contribution in [0.5, 0.6) is 0 Å². The molecule has 0 aromatic heterocycles. The molecule has 2 aromatic carbocycles. The van der Waals surface area contributed by atoms with Gasteiger partial charge in [0.05, 0.1) is 19.8 Å². The molecular weight excluding hydrogens is 448 g/mol. The summed E-state index contributed by atoms with van der Waals surface area (Å²) in [6, 6.07) is 19.9. The van der Waals surface area contributed by atoms with E-state index in [4.69, 9.17) is 10.5 Å². The van der Waals surface area contributed by atoms with Crippen molar-refractivity contribution in [3.8, 4) is 0 Å². The highest BCUT2D eigenvalue weighted by molar-refractivity contribution is 9.09. The lowest BCUT2D eigenvalue weighted by Gasteiger charge is -2.04. The molecule has 168 valence electrons. The van der Waals surface area contributed by atoms with Gasteiger partial charge >= 0.3 is 11.9 Å². The Morgan fingerprint density at radius 1 is 0.867 bits per heavy atom. The molecule has 0 aliphatic rings. The smallest absolute Gasteiger partial charge is 0.319 e. The molecule has 0 saturated carbocycles. The van der Waals surface area contributed by atoms with Gasteiger partial charge in [-0.15, -0.1) is 0 Å². The lowest BCUT2D eigenvalue weighted by molar-refractivity contribution is -0.142. The summed E-state index contributed by atoms with van der Waals surface area (Å²) in [6.45, 7) is 6.08. The Hall–Kier alpha value is -2.22. The summed E-state index contributed by atoms with van der Waals surface area (Å²) < 4.78 is 9.28. The number of benzene rings is 2. The summed E-state index contributed by atoms with van der Waals surface area (Å²) in [6.07, 6.45) is 0. The summed E-state index contributed by atoms with van der Waals surface area (Å²) in [5, 5.41) is 3.30. The van der Waals surface area contributed by atoms with Gasteiger partial charge in [0.25, 0.3) is 0 Å². The van der Waals surface area contributed by atoms with Crippen molar-refractivity contribution in [3.63, 3.8) is 0 Å². The molecule has 3 N–H and O–H groups in total. The Morgan fingerprint density at radius 3 is 1.70 bits per heavy atom. The molecule has 0 radical (unpaired) electrons. The van der Waals surface area contributed by atoms with Crippen molar-refractivity contribution in [2.45, 2.75) is 34.4 Å². The van der Waals surface area contributed by atoms with E-state index in [0.29, 0.717) is 31.6 Å². The van der Waals surface area contributed by atoms with Crippen LogP contribution in [0.4, 0.5) is 0 Å². The second kappa shape index (κ2) is 21.5. The number of hydrogen-bond donors (Lipinski definition) is 2. The quantitative estimate of drug-likeness (QED) is 0.435. The molecule has 0 saturated heterocycles. The van der Waals surface area contributed by atoms with Gasteiger partial charge in [-0.3, -0.25) is 9.59 Å². The van der Waals surface area contributed by atoms with E-state index in [0.717, 1.165) is 5.56 Å². The first-order chi connectivity index (χ1) is 14.1. The van der Waals surface area contributed by atoms with Crippen LogP contribution in [-0.4, -0.2) is 37.0 Å². The van der Waals surface area contributed by atoms with E-state index >= 15 is 0 Å². The summed E-state index contributed by atoms with van der Waals surface area (Å²) in [4.78, 5) is 21.1. The van der Waals surface area contributed by atoms with Gasteiger partial charge in [-0.1, -0.05) is 84.0 Å². The number of halogens is 1. The zero-order chi connectivity index (χ0) is 21.7. The summed E-state index contributed by atoms with van der Waals surface area (Å²) in [5.74, 6) is -0.411. The Balaban J connectivity index is 0. The summed E-state index contributed by atoms with van der Waals surface area (Å²) in [7, 11) is 0. The Bertz CT molecular complexity index is 655. The Morgan fingerprint density at radius 2 is 1.33 bits per heavy atom. The summed E-state index contributed by atoms with van der Waals surface area (Å²) >= 11 is 2.94. The molecule has 30 heavy (non-hydrogen) atoms. The van der Waals surface area contributed by atoms with E-state index in [1.54, 1.807) is 13.8 Å². The molecule has 0 aliphatic carbocycles. The minimum absolute atomic E-state index is 0. The SMILES string of the molecule is C.CCOC(=O)CBr.CCOC(=O)CNCc1ccccc1.NCc1ccccc1. The van der Waals surface area contributed by atoms with Crippen molar-refractivity contribution in [2.24, 2.45) is 5.73 Å². The predicted octanol–water partition coefficient (Wildman–Crippen LogP) is 4.07. The van der Waals surface area contributed by atoms with Gasteiger partial charge in [0.1, 0.15) is 5.33 Å². The van der Waals surface area contributed by atoms with E-state index in [2.05, 4.69) is 26.0 Å². The van der Waals surface area contributed by atoms with Gasteiger partial charge in [-0.05, 0) is 25.0 Å². The molecule has 0 amide bonds. The normalized spacial score (nSPS) is 8.93. The van der Waals surface area contributed by atoms with Gasteiger partial charge < -0.3 is 20.5 Å². The maximum Gasteiger partial charge on any atom is 0.319 e. The second-order valence-corrected chi connectivity index (χ2v) is 6.08. The molecule has 0 bridgehead atoms. The third-order valence-electron chi connectivity index (χ3n) is 3.24. The van der Waals surface area contributed by atoms with Crippen LogP contribution in [0.2, 0.25) is 0 Å². The van der Waals surface area contributed by atoms with Crippen molar-refractivity contribution in [1.29, 1.82) is 0 Å². The average molecular weight is 483 g/mol. The highest BCUT2D eigenvalue weighted by Gasteiger charge is 1.99. The number of ether oxygens (including phenoxy) is 2. The molecule has 2 aromatic rings. The van der Waals surface area contributed by atoms with E-state index in [-0.39, 0.29) is 25.9 Å². The number of rotatable bonds is 8. The topological polar surface area (TPSA) is 90.6 Å². The van der Waals surface area contributed by atoms with Crippen LogP contribution in [0.25, 0.3) is 0 Å². The van der Waals surface area contributed by atoms with Crippen LogP contribution in [0, 0.1) is 0 Å². The van der Waals surface area contributed by atoms with Crippen LogP contribution >= 0.6 is 15.9 Å². The van der Waals surface area contributed by atoms with E-state index in [1.165, 1.54) is 5.56 Å². The number of carbonyl (C=O) groups is 2. The van der Waals surface area contributed by atoms with E-state index in [1.807, 2.05) is 60.7 Å². The van der Waals surface area contributed by atoms with Crippen LogP contribution in [0.3, 0.4) is 0 Å². The van der Waals surface area contributed by atoms with E-state index < -0.39 is 0 Å². The second-order valence-electron chi connectivity index (χ2n) is 5.52. The molecule has 0 aliphatic heterocycles. The van der Waals surface area contributed by atoms with Crippen molar-refractivity contribution < 1.29 is 19.1 Å². The van der Waals surface area contributed by atoms with Crippen molar-refractivity contribution in [3.05, 3.63) is 71.8 Å². The molecule has 6 nitrogen and oxygen atoms in total. The van der Waals surface area contributed by atoms with Gasteiger partial charge in [-0.25, -0.2) is 0 Å². The maximum atomic E-state index is 10.9. The van der Waals surface area contributed by atoms with Crippen molar-refractivity contribution in [2.75, 3.05) is 25.1 Å². The van der Waals surface area contributed by atoms with Crippen LogP contribution in [-0.2, 0) is 32.2 Å². The third-order valence-corrected chi connectivity index (χ3v) is 3.70. The first-order valence-corrected chi connectivity index (χ1v) is 10.5. The maximum absolute atomic E-state index is 10.9. The molecule has 0 atom stereocenters. The number of nitrogens with two attached hydrogens (primary N) is 1. The zero-order valence-electron chi connectivity index (χ0n) is 17.1. The molecule has 0 spiro atoms. The standard InChI is InChI=1S/C11H15NO2.C7H9N.C4H7BrO2.CH4/c1-2-14-11(13)9-12-8-10-6-4-3-5-7-10;8-6-7-4-2-1-3-5-7;1-2-7-4(6)3-5;/h3-7,12H,2,8-9H2,1H3;1-5H,6,8H2;2-3H2,1H3;1H4. The average Bonchev–Trinajstić information content (AvgIpc) is 2.76. The molecule has 0 fully saturated rings. The lowest BCUT2D eigenvalue weighted by atomic mass is 10.2. The number of carbonyl (C=O) groups excluding carboxylic acids is 2. The monoisotopic (exact) mass is 482 g/mol. The fourth-order valence-corrected chi connectivity index (χ4v) is 2.09. The fourth-order valence-electron chi connectivity index (χ4n) is 1.93. The highest BCUT2D eigenvalue weighted by Crippen LogP contribution is 1.96. The number of nitrogens with one attached hydrogen (secondary N) is 1. The number of esters is 2. The third kappa shape index (κ3) is 17.8. The minimum atomic E-state index is -0.206. The molecular formula is C23H35BrN2O4. The van der Waals surface area contributed by atoms with Gasteiger partial charge in [0.15, 0.2) is 0 Å². The summed E-state index contributed by atoms with van der Waals surface area (Å²) in [5.41, 5.74) is 7.70. The fraction of sp³-hybridized carbons (Fsp3) is 0.391. The molecule has 2 rings (SSSR count). The van der Waals surface area contributed by atoms with Crippen molar-refractivity contribution >= 4 is 27.9 Å². The van der Waals surface area contributed by atoms with Gasteiger partial charge in [0.2, 0.25) is 0 Å². The van der Waals surface area contributed by atoms with E-state index in [9.17, 15) is 9.59 Å². The number of hydrogen-bond acceptors (Lipinski definition) is 6. The van der Waals surface area contributed by atoms with Crippen LogP contribution in [0.15, 0.2) is 60.7 Å². The Labute approximate surface area is 189 Å². The molecule has 0 heterocycles. The molecule has 0 unspecified atom stereocenters. The van der Waals surface area contributed by atoms with Gasteiger partial charge in [-0.2, -0.15) is 0 Å². The Kier molecular flexibility index (Phi) is 21.5. The molecule has 7 heteroatoms. The largest absolute Gasteiger partial charge is 0.465 e. The zero-order valence-corrected chi connectivity index (χ0v) is 18.7. The van der Waals surface area contributed by atoms with Crippen molar-refractivity contribution in [1.82, 2.24) is 5.32 Å². The first kappa shape index (κ1) is 30.0. The van der Waals surface area contributed by atoms with Crippen LogP contribution in [0.1, 0.15) is 32.4 Å². The van der Waals surface area contributed by atoms with Crippen LogP contribution < -0.4 is 11.1 Å². The van der Waals surface area contributed by atoms with Gasteiger partial charge in [0, 0.05) is 13.1 Å². The minimum Gasteiger partial charge on any atom is -0.465 e. The highest BCUT2D eigenvalue weighted by atomic mass is 79.9. The first-order valence-electron chi connectivity index (χ1n) is 9.43. The number of alkyl halides is 1. The lowest BCUT2D eigenvalue weighted by Crippen LogP contribution is -2.24. The predicted molar refractivity (Wildman–Crippen MR) is 126 cm³/mol.